The molecule has 0 amide bonds. The Morgan fingerprint density at radius 2 is 1.77 bits per heavy atom. The van der Waals surface area contributed by atoms with Gasteiger partial charge in [-0.3, -0.25) is 0 Å². The van der Waals surface area contributed by atoms with E-state index >= 15 is 0 Å². The van der Waals surface area contributed by atoms with Crippen LogP contribution >= 0.6 is 0 Å². The third-order valence-corrected chi connectivity index (χ3v) is 2.66. The van der Waals surface area contributed by atoms with Crippen LogP contribution in [0, 0.1) is 9.39 Å². The van der Waals surface area contributed by atoms with Crippen LogP contribution in [0.3, 0.4) is 0 Å². The molecule has 0 spiro atoms. The Labute approximate surface area is 83.7 Å². The molecule has 0 aliphatic carbocycles. The number of rotatable bonds is 1. The van der Waals surface area contributed by atoms with E-state index < -0.39 is 38.5 Å². The second-order valence-corrected chi connectivity index (χ2v) is 4.13. The van der Waals surface area contributed by atoms with Crippen LogP contribution in [0.5, 0.6) is 0 Å². The van der Waals surface area contributed by atoms with E-state index in [0.29, 0.717) is 6.07 Å². The Kier molecular flexibility index (Phi) is 3.20. The molecular formula is C7H3BF4I-. The monoisotopic (exact) mass is 301 g/mol. The molecule has 70 valence electrons. The van der Waals surface area contributed by atoms with Crippen molar-refractivity contribution in [1.29, 1.82) is 0 Å². The van der Waals surface area contributed by atoms with Gasteiger partial charge >= 0.3 is 83.6 Å². The van der Waals surface area contributed by atoms with E-state index in [2.05, 4.69) is 0 Å². The third-order valence-electron chi connectivity index (χ3n) is 1.32. The molecule has 0 atom stereocenters. The summed E-state index contributed by atoms with van der Waals surface area (Å²) in [5.41, 5.74) is 4.23. The van der Waals surface area contributed by atoms with Gasteiger partial charge in [-0.05, 0) is 0 Å². The number of hydrogen-bond donors (Lipinski definition) is 0. The molecule has 2 radical (unpaired) electrons. The predicted molar refractivity (Wildman–Crippen MR) is 35.9 cm³/mol. The Hall–Kier alpha value is -0.265. The number of halogens is 5. The molecule has 0 N–H and O–H groups in total. The Morgan fingerprint density at radius 3 is 2.23 bits per heavy atom. The maximum absolute atomic E-state index is 12.6. The van der Waals surface area contributed by atoms with E-state index in [9.17, 15) is 17.6 Å². The number of alkyl halides is 3. The van der Waals surface area contributed by atoms with Crippen LogP contribution in [0.25, 0.3) is 0 Å². The SMILES string of the molecule is [B][I-]c1cc(F)cc(C(F)(F)F)c1. The summed E-state index contributed by atoms with van der Waals surface area (Å²) in [4.78, 5) is 0. The zero-order chi connectivity index (χ0) is 10.1. The Balaban J connectivity index is 3.16. The van der Waals surface area contributed by atoms with Gasteiger partial charge in [0.15, 0.2) is 0 Å². The van der Waals surface area contributed by atoms with E-state index in [1.165, 1.54) is 0 Å². The van der Waals surface area contributed by atoms with E-state index in [1.807, 2.05) is 0 Å². The predicted octanol–water partition coefficient (Wildman–Crippen LogP) is -0.813. The summed E-state index contributed by atoms with van der Waals surface area (Å²) in [6, 6.07) is 2.38. The molecule has 13 heavy (non-hydrogen) atoms. The molecule has 0 bridgehead atoms. The van der Waals surface area contributed by atoms with Crippen LogP contribution < -0.4 is 21.0 Å². The molecule has 1 rings (SSSR count). The quantitative estimate of drug-likeness (QED) is 0.361. The van der Waals surface area contributed by atoms with Gasteiger partial charge in [-0.1, -0.05) is 0 Å². The second kappa shape index (κ2) is 3.85. The van der Waals surface area contributed by atoms with Gasteiger partial charge in [-0.2, -0.15) is 0 Å². The summed E-state index contributed by atoms with van der Waals surface area (Å²) in [5, 5.41) is 0. The summed E-state index contributed by atoms with van der Waals surface area (Å²) in [7, 11) is 0. The van der Waals surface area contributed by atoms with Crippen LogP contribution in [0.4, 0.5) is 17.6 Å². The Bertz CT molecular complexity index is 310. The zero-order valence-corrected chi connectivity index (χ0v) is 8.36. The van der Waals surface area contributed by atoms with E-state index in [-0.39, 0.29) is 3.57 Å². The summed E-state index contributed by atoms with van der Waals surface area (Å²) in [6.45, 7) is 0. The second-order valence-electron chi connectivity index (χ2n) is 2.26. The van der Waals surface area contributed by atoms with Crippen LogP contribution in [-0.4, -0.2) is 5.70 Å². The van der Waals surface area contributed by atoms with Gasteiger partial charge in [0.2, 0.25) is 0 Å². The topological polar surface area (TPSA) is 0 Å². The summed E-state index contributed by atoms with van der Waals surface area (Å²) < 4.78 is 49.1. The normalized spacial score (nSPS) is 12.0. The van der Waals surface area contributed by atoms with Crippen molar-refractivity contribution in [2.75, 3.05) is 0 Å². The van der Waals surface area contributed by atoms with Gasteiger partial charge in [0.25, 0.3) is 0 Å². The fraction of sp³-hybridized carbons (Fsp3) is 0.143. The summed E-state index contributed by atoms with van der Waals surface area (Å²) in [5.74, 6) is -0.894. The van der Waals surface area contributed by atoms with Crippen LogP contribution in [-0.2, 0) is 6.18 Å². The minimum absolute atomic E-state index is 0.242. The van der Waals surface area contributed by atoms with E-state index in [0.717, 1.165) is 12.1 Å². The molecule has 0 unspecified atom stereocenters. The Morgan fingerprint density at radius 1 is 1.15 bits per heavy atom. The van der Waals surface area contributed by atoms with Crippen molar-refractivity contribution >= 4 is 5.70 Å². The van der Waals surface area contributed by atoms with Crippen molar-refractivity contribution in [3.8, 4) is 0 Å². The van der Waals surface area contributed by atoms with Crippen LogP contribution in [0.15, 0.2) is 18.2 Å². The zero-order valence-electron chi connectivity index (χ0n) is 6.20. The van der Waals surface area contributed by atoms with Crippen molar-refractivity contribution < 1.29 is 38.6 Å². The molecular weight excluding hydrogens is 298 g/mol. The summed E-state index contributed by atoms with van der Waals surface area (Å²) in [6.07, 6.45) is -4.50. The fourth-order valence-corrected chi connectivity index (χ4v) is 1.77. The number of hydrogen-bond acceptors (Lipinski definition) is 0. The average molecular weight is 301 g/mol. The van der Waals surface area contributed by atoms with Gasteiger partial charge in [0.1, 0.15) is 0 Å². The average Bonchev–Trinajstić information content (AvgIpc) is 2.01. The van der Waals surface area contributed by atoms with E-state index in [1.54, 1.807) is 0 Å². The molecule has 0 saturated heterocycles. The standard InChI is InChI=1S/C7H3BF4I/c8-13-6-2-4(7(10,11)12)1-5(9)3-6/h1-3H/q-1. The first kappa shape index (κ1) is 10.8. The molecule has 1 aromatic rings. The molecule has 1 aromatic carbocycles. The van der Waals surface area contributed by atoms with Crippen LogP contribution in [0.2, 0.25) is 0 Å². The van der Waals surface area contributed by atoms with E-state index in [4.69, 9.17) is 5.70 Å². The van der Waals surface area contributed by atoms with Gasteiger partial charge in [0.05, 0.1) is 0 Å². The molecule has 0 nitrogen and oxygen atoms in total. The molecule has 0 aliphatic heterocycles. The first-order valence-electron chi connectivity index (χ1n) is 3.15. The van der Waals surface area contributed by atoms with Gasteiger partial charge in [-0.15, -0.1) is 0 Å². The minimum atomic E-state index is -4.50. The van der Waals surface area contributed by atoms with Gasteiger partial charge < -0.3 is 0 Å². The maximum atomic E-state index is 12.6. The van der Waals surface area contributed by atoms with Crippen LogP contribution in [0.1, 0.15) is 5.56 Å². The molecule has 6 heteroatoms. The first-order chi connectivity index (χ1) is 5.93. The van der Waals surface area contributed by atoms with Crippen molar-refractivity contribution in [2.45, 2.75) is 6.18 Å². The molecule has 0 fully saturated rings. The van der Waals surface area contributed by atoms with Gasteiger partial charge in [0, 0.05) is 0 Å². The fourth-order valence-electron chi connectivity index (χ4n) is 0.780. The van der Waals surface area contributed by atoms with Crippen molar-refractivity contribution in [3.63, 3.8) is 0 Å². The number of benzene rings is 1. The van der Waals surface area contributed by atoms with Crippen molar-refractivity contribution in [3.05, 3.63) is 33.1 Å². The molecule has 0 saturated carbocycles. The van der Waals surface area contributed by atoms with Gasteiger partial charge in [-0.25, -0.2) is 0 Å². The first-order valence-corrected chi connectivity index (χ1v) is 5.47. The van der Waals surface area contributed by atoms with Crippen molar-refractivity contribution in [2.24, 2.45) is 0 Å². The molecule has 0 aliphatic rings. The molecule has 0 aromatic heterocycles. The van der Waals surface area contributed by atoms with Crippen molar-refractivity contribution in [1.82, 2.24) is 0 Å². The third kappa shape index (κ3) is 2.86. The molecule has 0 heterocycles. The summed E-state index contributed by atoms with van der Waals surface area (Å²) >= 11 is -1.01.